The van der Waals surface area contributed by atoms with Gasteiger partial charge in [0.05, 0.1) is 17.1 Å². The van der Waals surface area contributed by atoms with Crippen molar-refractivity contribution in [3.05, 3.63) is 39.4 Å². The van der Waals surface area contributed by atoms with Gasteiger partial charge in [0.15, 0.2) is 11.6 Å². The summed E-state index contributed by atoms with van der Waals surface area (Å²) in [6.07, 6.45) is -0.260. The second-order valence-corrected chi connectivity index (χ2v) is 3.54. The smallest absolute Gasteiger partial charge is 0.275 e. The molecular weight excluding hydrogens is 220 g/mol. The molecule has 0 saturated heterocycles. The van der Waals surface area contributed by atoms with Gasteiger partial charge < -0.3 is 5.11 Å². The fraction of sp³-hybridized carbons (Fsp3) is 0.400. The molecule has 1 N–H and O–H groups in total. The van der Waals surface area contributed by atoms with Gasteiger partial charge in [0.2, 0.25) is 0 Å². The van der Waals surface area contributed by atoms with Crippen molar-refractivity contribution in [3.8, 4) is 0 Å². The molecule has 0 radical (unpaired) electrons. The Hall–Kier alpha value is -1.56. The van der Waals surface area contributed by atoms with Crippen LogP contribution in [-0.2, 0) is 6.42 Å². The molecule has 0 saturated carbocycles. The molecule has 16 heavy (non-hydrogen) atoms. The molecule has 0 aliphatic carbocycles. The predicted molar refractivity (Wildman–Crippen MR) is 53.0 cm³/mol. The van der Waals surface area contributed by atoms with Crippen LogP contribution in [0.3, 0.4) is 0 Å². The Kier molecular flexibility index (Phi) is 3.89. The van der Waals surface area contributed by atoms with E-state index in [1.165, 1.54) is 6.92 Å². The number of hydrogen-bond acceptors (Lipinski definition) is 3. The van der Waals surface area contributed by atoms with E-state index in [-0.39, 0.29) is 18.4 Å². The minimum absolute atomic E-state index is 0.0878. The maximum atomic E-state index is 12.9. The van der Waals surface area contributed by atoms with Crippen LogP contribution in [0.4, 0.5) is 14.5 Å². The average Bonchev–Trinajstić information content (AvgIpc) is 2.18. The van der Waals surface area contributed by atoms with Gasteiger partial charge in [-0.2, -0.15) is 0 Å². The first-order valence-electron chi connectivity index (χ1n) is 4.72. The van der Waals surface area contributed by atoms with E-state index in [2.05, 4.69) is 0 Å². The maximum absolute atomic E-state index is 12.9. The summed E-state index contributed by atoms with van der Waals surface area (Å²) < 4.78 is 25.7. The van der Waals surface area contributed by atoms with E-state index in [4.69, 9.17) is 5.11 Å². The number of hydrogen-bond donors (Lipinski definition) is 1. The molecule has 0 amide bonds. The molecule has 88 valence electrons. The van der Waals surface area contributed by atoms with Gasteiger partial charge in [0, 0.05) is 5.56 Å². The Bertz CT molecular complexity index is 407. The average molecular weight is 231 g/mol. The van der Waals surface area contributed by atoms with Crippen molar-refractivity contribution in [3.63, 3.8) is 0 Å². The second kappa shape index (κ2) is 4.98. The predicted octanol–water partition coefficient (Wildman–Crippen LogP) is 2.19. The second-order valence-electron chi connectivity index (χ2n) is 3.54. The number of benzene rings is 1. The fourth-order valence-electron chi connectivity index (χ4n) is 1.31. The molecule has 1 aromatic rings. The molecule has 0 heterocycles. The van der Waals surface area contributed by atoms with Gasteiger partial charge in [-0.1, -0.05) is 0 Å². The lowest BCUT2D eigenvalue weighted by atomic mass is 10.1. The standard InChI is InChI=1S/C10H11F2NO3/c1-6(14)2-3-7-4-8(11)9(12)5-10(7)13(15)16/h4-6,14H,2-3H2,1H3/t6-/m0/s1. The molecule has 1 atom stereocenters. The fourth-order valence-corrected chi connectivity index (χ4v) is 1.31. The zero-order valence-corrected chi connectivity index (χ0v) is 8.61. The Morgan fingerprint density at radius 3 is 2.50 bits per heavy atom. The number of rotatable bonds is 4. The Labute approximate surface area is 90.7 Å². The third-order valence-electron chi connectivity index (χ3n) is 2.15. The van der Waals surface area contributed by atoms with Gasteiger partial charge in [0.1, 0.15) is 0 Å². The van der Waals surface area contributed by atoms with Crippen LogP contribution in [0.2, 0.25) is 0 Å². The van der Waals surface area contributed by atoms with Crippen LogP contribution in [-0.4, -0.2) is 16.1 Å². The van der Waals surface area contributed by atoms with E-state index in [0.717, 1.165) is 6.07 Å². The molecule has 0 aromatic heterocycles. The lowest BCUT2D eigenvalue weighted by Crippen LogP contribution is -2.04. The SMILES string of the molecule is C[C@H](O)CCc1cc(F)c(F)cc1[N+](=O)[O-]. The third kappa shape index (κ3) is 2.96. The minimum atomic E-state index is -1.24. The summed E-state index contributed by atoms with van der Waals surface area (Å²) in [6, 6.07) is 1.36. The molecule has 1 aromatic carbocycles. The maximum Gasteiger partial charge on any atom is 0.275 e. The normalized spacial score (nSPS) is 12.5. The molecule has 6 heteroatoms. The number of nitro benzene ring substituents is 1. The van der Waals surface area contributed by atoms with Crippen LogP contribution < -0.4 is 0 Å². The first kappa shape index (κ1) is 12.5. The van der Waals surface area contributed by atoms with E-state index in [1.54, 1.807) is 0 Å². The van der Waals surface area contributed by atoms with Crippen molar-refractivity contribution >= 4 is 5.69 Å². The highest BCUT2D eigenvalue weighted by atomic mass is 19.2. The number of nitrogens with zero attached hydrogens (tertiary/aromatic N) is 1. The monoisotopic (exact) mass is 231 g/mol. The lowest BCUT2D eigenvalue weighted by molar-refractivity contribution is -0.385. The number of aliphatic hydroxyl groups is 1. The molecule has 0 unspecified atom stereocenters. The largest absolute Gasteiger partial charge is 0.393 e. The minimum Gasteiger partial charge on any atom is -0.393 e. The van der Waals surface area contributed by atoms with Crippen molar-refractivity contribution in [2.24, 2.45) is 0 Å². The van der Waals surface area contributed by atoms with Gasteiger partial charge in [-0.3, -0.25) is 10.1 Å². The van der Waals surface area contributed by atoms with E-state index in [0.29, 0.717) is 6.07 Å². The summed E-state index contributed by atoms with van der Waals surface area (Å²) in [7, 11) is 0. The molecule has 4 nitrogen and oxygen atoms in total. The summed E-state index contributed by atoms with van der Waals surface area (Å²) in [6.45, 7) is 1.52. The molecule has 1 rings (SSSR count). The van der Waals surface area contributed by atoms with Gasteiger partial charge in [0.25, 0.3) is 5.69 Å². The highest BCUT2D eigenvalue weighted by Crippen LogP contribution is 2.23. The molecule has 0 spiro atoms. The van der Waals surface area contributed by atoms with E-state index >= 15 is 0 Å². The molecular formula is C10H11F2NO3. The zero-order valence-electron chi connectivity index (χ0n) is 8.61. The number of halogens is 2. The number of aliphatic hydroxyl groups excluding tert-OH is 1. The molecule has 0 aliphatic rings. The summed E-state index contributed by atoms with van der Waals surface area (Å²) in [5, 5.41) is 19.6. The van der Waals surface area contributed by atoms with Gasteiger partial charge >= 0.3 is 0 Å². The Balaban J connectivity index is 3.05. The first-order chi connectivity index (χ1) is 7.41. The number of nitro groups is 1. The van der Waals surface area contributed by atoms with Crippen molar-refractivity contribution in [1.29, 1.82) is 0 Å². The lowest BCUT2D eigenvalue weighted by Gasteiger charge is -2.05. The van der Waals surface area contributed by atoms with Crippen LogP contribution in [0.25, 0.3) is 0 Å². The van der Waals surface area contributed by atoms with Crippen LogP contribution in [0.1, 0.15) is 18.9 Å². The van der Waals surface area contributed by atoms with Crippen molar-refractivity contribution in [2.75, 3.05) is 0 Å². The molecule has 0 aliphatic heterocycles. The third-order valence-corrected chi connectivity index (χ3v) is 2.15. The van der Waals surface area contributed by atoms with E-state index in [1.807, 2.05) is 0 Å². The highest BCUT2D eigenvalue weighted by Gasteiger charge is 2.18. The summed E-state index contributed by atoms with van der Waals surface area (Å²) in [5.74, 6) is -2.36. The van der Waals surface area contributed by atoms with Gasteiger partial charge in [-0.05, 0) is 25.8 Å². The van der Waals surface area contributed by atoms with Crippen molar-refractivity contribution in [2.45, 2.75) is 25.9 Å². The van der Waals surface area contributed by atoms with E-state index in [9.17, 15) is 18.9 Å². The van der Waals surface area contributed by atoms with Crippen LogP contribution in [0, 0.1) is 21.7 Å². The Morgan fingerprint density at radius 1 is 1.44 bits per heavy atom. The summed E-state index contributed by atoms with van der Waals surface area (Å²) >= 11 is 0. The Morgan fingerprint density at radius 2 is 2.00 bits per heavy atom. The van der Waals surface area contributed by atoms with Gasteiger partial charge in [-0.15, -0.1) is 0 Å². The number of aryl methyl sites for hydroxylation is 1. The van der Waals surface area contributed by atoms with Crippen LogP contribution >= 0.6 is 0 Å². The quantitative estimate of drug-likeness (QED) is 0.638. The molecule has 0 bridgehead atoms. The first-order valence-corrected chi connectivity index (χ1v) is 4.72. The summed E-state index contributed by atoms with van der Waals surface area (Å²) in [4.78, 5) is 9.82. The van der Waals surface area contributed by atoms with E-state index < -0.39 is 28.3 Å². The summed E-state index contributed by atoms with van der Waals surface area (Å²) in [5.41, 5.74) is -0.371. The van der Waals surface area contributed by atoms with Crippen molar-refractivity contribution in [1.82, 2.24) is 0 Å². The van der Waals surface area contributed by atoms with Crippen LogP contribution in [0.5, 0.6) is 0 Å². The zero-order chi connectivity index (χ0) is 12.3. The topological polar surface area (TPSA) is 63.4 Å². The van der Waals surface area contributed by atoms with Gasteiger partial charge in [-0.25, -0.2) is 8.78 Å². The highest BCUT2D eigenvalue weighted by molar-refractivity contribution is 5.41. The van der Waals surface area contributed by atoms with Crippen molar-refractivity contribution < 1.29 is 18.8 Å². The van der Waals surface area contributed by atoms with Crippen LogP contribution in [0.15, 0.2) is 12.1 Å². The molecule has 0 fully saturated rings.